The van der Waals surface area contributed by atoms with Gasteiger partial charge in [-0.15, -0.1) is 0 Å². The number of benzene rings is 1. The van der Waals surface area contributed by atoms with Crippen LogP contribution in [-0.2, 0) is 16.0 Å². The minimum Gasteiger partial charge on any atom is -0.481 e. The van der Waals surface area contributed by atoms with E-state index in [0.717, 1.165) is 5.56 Å². The monoisotopic (exact) mass is 280 g/mol. The molecule has 0 bridgehead atoms. The highest BCUT2D eigenvalue weighted by atomic mass is 16.5. The predicted octanol–water partition coefficient (Wildman–Crippen LogP) is 1.02. The van der Waals surface area contributed by atoms with E-state index in [4.69, 9.17) is 9.84 Å². The summed E-state index contributed by atoms with van der Waals surface area (Å²) in [5.74, 6) is -0.941. The largest absolute Gasteiger partial charge is 0.481 e. The molecule has 6 nitrogen and oxygen atoms in total. The molecule has 1 unspecified atom stereocenters. The summed E-state index contributed by atoms with van der Waals surface area (Å²) >= 11 is 0. The van der Waals surface area contributed by atoms with Gasteiger partial charge in [0.2, 0.25) is 0 Å². The van der Waals surface area contributed by atoms with Crippen LogP contribution >= 0.6 is 0 Å². The first-order chi connectivity index (χ1) is 9.61. The van der Waals surface area contributed by atoms with Crippen LogP contribution in [0.4, 0.5) is 4.79 Å². The number of hydrogen-bond acceptors (Lipinski definition) is 3. The van der Waals surface area contributed by atoms with Crippen molar-refractivity contribution in [1.82, 2.24) is 10.6 Å². The second kappa shape index (κ2) is 8.92. The number of nitrogens with one attached hydrogen (secondary N) is 2. The standard InChI is InChI=1S/C14H20N2O4/c1-20-12(9-11-5-3-2-4-6-11)10-16-14(19)15-8-7-13(17)18/h2-6,12H,7-10H2,1H3,(H,17,18)(H2,15,16,19). The first-order valence-corrected chi connectivity index (χ1v) is 6.42. The maximum Gasteiger partial charge on any atom is 0.314 e. The number of carbonyl (C=O) groups is 2. The van der Waals surface area contributed by atoms with Crippen molar-refractivity contribution >= 4 is 12.0 Å². The smallest absolute Gasteiger partial charge is 0.314 e. The van der Waals surface area contributed by atoms with E-state index in [9.17, 15) is 9.59 Å². The van der Waals surface area contributed by atoms with E-state index in [1.165, 1.54) is 0 Å². The highest BCUT2D eigenvalue weighted by Crippen LogP contribution is 2.04. The lowest BCUT2D eigenvalue weighted by molar-refractivity contribution is -0.136. The molecule has 0 aliphatic heterocycles. The van der Waals surface area contributed by atoms with Crippen LogP contribution in [0.2, 0.25) is 0 Å². The molecular weight excluding hydrogens is 260 g/mol. The van der Waals surface area contributed by atoms with Crippen molar-refractivity contribution in [3.8, 4) is 0 Å². The van der Waals surface area contributed by atoms with Gasteiger partial charge in [-0.1, -0.05) is 30.3 Å². The molecule has 1 rings (SSSR count). The second-order valence-corrected chi connectivity index (χ2v) is 4.33. The average Bonchev–Trinajstić information content (AvgIpc) is 2.44. The van der Waals surface area contributed by atoms with E-state index < -0.39 is 5.97 Å². The molecule has 1 aromatic rings. The van der Waals surface area contributed by atoms with Gasteiger partial charge < -0.3 is 20.5 Å². The molecule has 20 heavy (non-hydrogen) atoms. The van der Waals surface area contributed by atoms with Crippen molar-refractivity contribution in [3.05, 3.63) is 35.9 Å². The minimum atomic E-state index is -0.941. The highest BCUT2D eigenvalue weighted by molar-refractivity contribution is 5.74. The highest BCUT2D eigenvalue weighted by Gasteiger charge is 2.10. The average molecular weight is 280 g/mol. The van der Waals surface area contributed by atoms with Crippen molar-refractivity contribution in [3.63, 3.8) is 0 Å². The Balaban J connectivity index is 2.27. The Morgan fingerprint density at radius 2 is 1.95 bits per heavy atom. The Kier molecular flexibility index (Phi) is 7.13. The Morgan fingerprint density at radius 1 is 1.25 bits per heavy atom. The summed E-state index contributed by atoms with van der Waals surface area (Å²) in [4.78, 5) is 21.7. The molecule has 0 aliphatic rings. The van der Waals surface area contributed by atoms with Crippen molar-refractivity contribution < 1.29 is 19.4 Å². The zero-order valence-electron chi connectivity index (χ0n) is 11.5. The zero-order valence-corrected chi connectivity index (χ0v) is 11.5. The molecule has 0 fully saturated rings. The van der Waals surface area contributed by atoms with Crippen molar-refractivity contribution in [2.24, 2.45) is 0 Å². The van der Waals surface area contributed by atoms with Crippen molar-refractivity contribution in [2.75, 3.05) is 20.2 Å². The molecule has 0 saturated carbocycles. The number of aliphatic carboxylic acids is 1. The van der Waals surface area contributed by atoms with E-state index in [0.29, 0.717) is 13.0 Å². The van der Waals surface area contributed by atoms with Gasteiger partial charge in [0, 0.05) is 26.6 Å². The fourth-order valence-electron chi connectivity index (χ4n) is 1.67. The number of rotatable bonds is 8. The fraction of sp³-hybridized carbons (Fsp3) is 0.429. The number of amides is 2. The molecular formula is C14H20N2O4. The number of ether oxygens (including phenoxy) is 1. The topological polar surface area (TPSA) is 87.7 Å². The van der Waals surface area contributed by atoms with E-state index in [-0.39, 0.29) is 25.1 Å². The van der Waals surface area contributed by atoms with Gasteiger partial charge in [-0.3, -0.25) is 4.79 Å². The molecule has 0 heterocycles. The van der Waals surface area contributed by atoms with Crippen molar-refractivity contribution in [2.45, 2.75) is 18.9 Å². The van der Waals surface area contributed by atoms with Gasteiger partial charge in [-0.05, 0) is 5.56 Å². The predicted molar refractivity (Wildman–Crippen MR) is 74.6 cm³/mol. The van der Waals surface area contributed by atoms with Gasteiger partial charge in [-0.25, -0.2) is 4.79 Å². The third kappa shape index (κ3) is 6.75. The minimum absolute atomic E-state index is 0.0921. The molecule has 110 valence electrons. The lowest BCUT2D eigenvalue weighted by Gasteiger charge is -2.16. The molecule has 1 atom stereocenters. The molecule has 6 heteroatoms. The van der Waals surface area contributed by atoms with Crippen LogP contribution in [0.25, 0.3) is 0 Å². The normalized spacial score (nSPS) is 11.7. The summed E-state index contributed by atoms with van der Waals surface area (Å²) in [7, 11) is 1.59. The maximum absolute atomic E-state index is 11.4. The summed E-state index contributed by atoms with van der Waals surface area (Å²) in [6.07, 6.45) is 0.486. The van der Waals surface area contributed by atoms with Gasteiger partial charge in [0.05, 0.1) is 12.5 Å². The summed E-state index contributed by atoms with van der Waals surface area (Å²) in [5, 5.41) is 13.6. The molecule has 0 radical (unpaired) electrons. The van der Waals surface area contributed by atoms with E-state index >= 15 is 0 Å². The summed E-state index contributed by atoms with van der Waals surface area (Å²) in [6.45, 7) is 0.474. The Labute approximate surface area is 118 Å². The Hall–Kier alpha value is -2.08. The Bertz CT molecular complexity index is 422. The molecule has 0 aliphatic carbocycles. The van der Waals surface area contributed by atoms with Gasteiger partial charge in [-0.2, -0.15) is 0 Å². The van der Waals surface area contributed by atoms with E-state index in [1.807, 2.05) is 30.3 Å². The van der Waals surface area contributed by atoms with Crippen LogP contribution in [0.15, 0.2) is 30.3 Å². The number of urea groups is 1. The fourth-order valence-corrected chi connectivity index (χ4v) is 1.67. The third-order valence-corrected chi connectivity index (χ3v) is 2.75. The zero-order chi connectivity index (χ0) is 14.8. The number of hydrogen-bond donors (Lipinski definition) is 3. The number of carbonyl (C=O) groups excluding carboxylic acids is 1. The Morgan fingerprint density at radius 3 is 2.55 bits per heavy atom. The van der Waals surface area contributed by atoms with Crippen LogP contribution in [0.5, 0.6) is 0 Å². The van der Waals surface area contributed by atoms with E-state index in [1.54, 1.807) is 7.11 Å². The number of methoxy groups -OCH3 is 1. The molecule has 0 spiro atoms. The van der Waals surface area contributed by atoms with Crippen LogP contribution < -0.4 is 10.6 Å². The first kappa shape index (κ1) is 16.0. The van der Waals surface area contributed by atoms with Crippen LogP contribution in [0, 0.1) is 0 Å². The van der Waals surface area contributed by atoms with Crippen LogP contribution in [0.1, 0.15) is 12.0 Å². The van der Waals surface area contributed by atoms with Crippen molar-refractivity contribution in [1.29, 1.82) is 0 Å². The maximum atomic E-state index is 11.4. The third-order valence-electron chi connectivity index (χ3n) is 2.75. The summed E-state index contributed by atoms with van der Waals surface area (Å²) < 4.78 is 5.31. The first-order valence-electron chi connectivity index (χ1n) is 6.42. The number of carboxylic acids is 1. The molecule has 3 N–H and O–H groups in total. The summed E-state index contributed by atoms with van der Waals surface area (Å²) in [6, 6.07) is 9.46. The molecule has 2 amide bonds. The van der Waals surface area contributed by atoms with Gasteiger partial charge in [0.25, 0.3) is 0 Å². The van der Waals surface area contributed by atoms with Gasteiger partial charge in [0.15, 0.2) is 0 Å². The van der Waals surface area contributed by atoms with E-state index in [2.05, 4.69) is 10.6 Å². The summed E-state index contributed by atoms with van der Waals surface area (Å²) in [5.41, 5.74) is 1.13. The van der Waals surface area contributed by atoms with Gasteiger partial charge in [0.1, 0.15) is 0 Å². The quantitative estimate of drug-likeness (QED) is 0.663. The SMILES string of the molecule is COC(CNC(=O)NCCC(=O)O)Cc1ccccc1. The molecule has 0 aromatic heterocycles. The van der Waals surface area contributed by atoms with Gasteiger partial charge >= 0.3 is 12.0 Å². The van der Waals surface area contributed by atoms with Crippen LogP contribution in [-0.4, -0.2) is 43.4 Å². The lowest BCUT2D eigenvalue weighted by Crippen LogP contribution is -2.41. The lowest BCUT2D eigenvalue weighted by atomic mass is 10.1. The molecule has 1 aromatic carbocycles. The number of carboxylic acid groups (broad SMARTS) is 1. The van der Waals surface area contributed by atoms with Crippen LogP contribution in [0.3, 0.4) is 0 Å². The molecule has 0 saturated heterocycles. The second-order valence-electron chi connectivity index (χ2n) is 4.33.